The summed E-state index contributed by atoms with van der Waals surface area (Å²) in [4.78, 5) is 6.27. The smallest absolute Gasteiger partial charge is 0.140 e. The second kappa shape index (κ2) is 4.69. The minimum atomic E-state index is -0.174. The topological polar surface area (TPSA) is 39.9 Å². The summed E-state index contributed by atoms with van der Waals surface area (Å²) in [6, 6.07) is 10.6. The molecule has 0 aliphatic carbocycles. The first kappa shape index (κ1) is 11.7. The lowest BCUT2D eigenvalue weighted by atomic mass is 9.99. The number of anilines is 1. The van der Waals surface area contributed by atoms with Crippen LogP contribution in [0.5, 0.6) is 0 Å². The molecule has 3 nitrogen and oxygen atoms in total. The Morgan fingerprint density at radius 1 is 1.21 bits per heavy atom. The molecular weight excluding hydrogens is 241 g/mol. The van der Waals surface area contributed by atoms with E-state index in [4.69, 9.17) is 5.26 Å². The molecule has 0 atom stereocenters. The number of fused-ring (bicyclic) bond motifs is 1. The first-order valence-electron chi connectivity index (χ1n) is 6.14. The Bertz CT molecular complexity index is 643. The fraction of sp³-hybridized carbons (Fsp3) is 0.200. The molecule has 0 amide bonds. The van der Waals surface area contributed by atoms with Gasteiger partial charge >= 0.3 is 0 Å². The van der Waals surface area contributed by atoms with E-state index < -0.39 is 0 Å². The Labute approximate surface area is 110 Å². The summed E-state index contributed by atoms with van der Waals surface area (Å²) in [5.41, 5.74) is 3.65. The number of nitrogens with zero attached hydrogens (tertiary/aromatic N) is 3. The standard InChI is InChI=1S/C15H12FN3/c16-13-2-1-12-10-19(6-5-11(12)7-13)15-4-3-14(8-17)18-9-15/h1-4,7,9H,5-6,10H2. The van der Waals surface area contributed by atoms with E-state index in [0.29, 0.717) is 5.69 Å². The lowest BCUT2D eigenvalue weighted by Gasteiger charge is -2.30. The summed E-state index contributed by atoms with van der Waals surface area (Å²) < 4.78 is 13.1. The molecule has 0 fully saturated rings. The van der Waals surface area contributed by atoms with E-state index in [2.05, 4.69) is 9.88 Å². The average molecular weight is 253 g/mol. The fourth-order valence-corrected chi connectivity index (χ4v) is 2.38. The molecule has 2 heterocycles. The predicted octanol–water partition coefficient (Wildman–Crippen LogP) is 2.66. The van der Waals surface area contributed by atoms with Crippen LogP contribution in [-0.2, 0) is 13.0 Å². The third-order valence-electron chi connectivity index (χ3n) is 3.41. The van der Waals surface area contributed by atoms with Crippen molar-refractivity contribution in [3.63, 3.8) is 0 Å². The molecule has 0 saturated heterocycles. The van der Waals surface area contributed by atoms with Crippen LogP contribution in [0, 0.1) is 17.1 Å². The second-order valence-electron chi connectivity index (χ2n) is 4.60. The Balaban J connectivity index is 1.85. The van der Waals surface area contributed by atoms with Crippen molar-refractivity contribution in [2.24, 2.45) is 0 Å². The van der Waals surface area contributed by atoms with Gasteiger partial charge in [-0.05, 0) is 41.8 Å². The summed E-state index contributed by atoms with van der Waals surface area (Å²) >= 11 is 0. The third kappa shape index (κ3) is 2.27. The van der Waals surface area contributed by atoms with E-state index in [9.17, 15) is 4.39 Å². The van der Waals surface area contributed by atoms with Gasteiger partial charge in [0.2, 0.25) is 0 Å². The predicted molar refractivity (Wildman–Crippen MR) is 70.1 cm³/mol. The van der Waals surface area contributed by atoms with Crippen molar-refractivity contribution in [2.45, 2.75) is 13.0 Å². The van der Waals surface area contributed by atoms with Gasteiger partial charge in [0, 0.05) is 13.1 Å². The van der Waals surface area contributed by atoms with Gasteiger partial charge in [-0.3, -0.25) is 0 Å². The highest BCUT2D eigenvalue weighted by Gasteiger charge is 2.17. The summed E-state index contributed by atoms with van der Waals surface area (Å²) in [5.74, 6) is -0.174. The van der Waals surface area contributed by atoms with Crippen LogP contribution in [-0.4, -0.2) is 11.5 Å². The molecular formula is C15H12FN3. The number of aromatic nitrogens is 1. The number of pyridine rings is 1. The Kier molecular flexibility index (Phi) is 2.88. The molecule has 94 valence electrons. The SMILES string of the molecule is N#Cc1ccc(N2CCc3cc(F)ccc3C2)cn1. The second-order valence-corrected chi connectivity index (χ2v) is 4.60. The molecule has 0 saturated carbocycles. The largest absolute Gasteiger partial charge is 0.366 e. The quantitative estimate of drug-likeness (QED) is 0.784. The summed E-state index contributed by atoms with van der Waals surface area (Å²) in [5, 5.41) is 8.73. The maximum Gasteiger partial charge on any atom is 0.140 e. The van der Waals surface area contributed by atoms with Gasteiger partial charge in [-0.25, -0.2) is 9.37 Å². The normalized spacial score (nSPS) is 13.8. The molecule has 1 aromatic carbocycles. The molecule has 1 aromatic heterocycles. The van der Waals surface area contributed by atoms with Gasteiger partial charge in [-0.1, -0.05) is 6.07 Å². The molecule has 0 bridgehead atoms. The maximum atomic E-state index is 13.1. The van der Waals surface area contributed by atoms with Gasteiger partial charge in [0.1, 0.15) is 17.6 Å². The molecule has 4 heteroatoms. The van der Waals surface area contributed by atoms with Crippen molar-refractivity contribution in [1.82, 2.24) is 4.98 Å². The van der Waals surface area contributed by atoms with E-state index in [-0.39, 0.29) is 5.82 Å². The van der Waals surface area contributed by atoms with Crippen LogP contribution in [0.25, 0.3) is 0 Å². The van der Waals surface area contributed by atoms with Crippen LogP contribution in [0.1, 0.15) is 16.8 Å². The number of rotatable bonds is 1. The minimum Gasteiger partial charge on any atom is -0.366 e. The average Bonchev–Trinajstić information content (AvgIpc) is 2.47. The Hall–Kier alpha value is -2.41. The van der Waals surface area contributed by atoms with Crippen LogP contribution in [0.2, 0.25) is 0 Å². The van der Waals surface area contributed by atoms with Gasteiger partial charge in [0.15, 0.2) is 0 Å². The van der Waals surface area contributed by atoms with Gasteiger partial charge in [-0.2, -0.15) is 5.26 Å². The molecule has 0 spiro atoms. The van der Waals surface area contributed by atoms with E-state index in [1.807, 2.05) is 18.2 Å². The molecule has 2 aromatic rings. The van der Waals surface area contributed by atoms with Crippen molar-refractivity contribution in [3.05, 3.63) is 59.2 Å². The van der Waals surface area contributed by atoms with Crippen molar-refractivity contribution < 1.29 is 4.39 Å². The van der Waals surface area contributed by atoms with Crippen LogP contribution in [0.15, 0.2) is 36.5 Å². The van der Waals surface area contributed by atoms with Crippen molar-refractivity contribution in [2.75, 3.05) is 11.4 Å². The number of hydrogen-bond donors (Lipinski definition) is 0. The highest BCUT2D eigenvalue weighted by molar-refractivity contribution is 5.49. The summed E-state index contributed by atoms with van der Waals surface area (Å²) in [6.07, 6.45) is 2.54. The lowest BCUT2D eigenvalue weighted by molar-refractivity contribution is 0.619. The first-order chi connectivity index (χ1) is 9.26. The highest BCUT2D eigenvalue weighted by atomic mass is 19.1. The number of benzene rings is 1. The zero-order valence-electron chi connectivity index (χ0n) is 10.3. The van der Waals surface area contributed by atoms with E-state index in [1.165, 1.54) is 6.07 Å². The van der Waals surface area contributed by atoms with Crippen LogP contribution in [0.4, 0.5) is 10.1 Å². The summed E-state index contributed by atoms with van der Waals surface area (Å²) in [7, 11) is 0. The van der Waals surface area contributed by atoms with E-state index >= 15 is 0 Å². The van der Waals surface area contributed by atoms with Gasteiger partial charge < -0.3 is 4.90 Å². The van der Waals surface area contributed by atoms with Gasteiger partial charge in [0.25, 0.3) is 0 Å². The zero-order valence-corrected chi connectivity index (χ0v) is 10.3. The van der Waals surface area contributed by atoms with E-state index in [0.717, 1.165) is 36.3 Å². The molecule has 0 unspecified atom stereocenters. The molecule has 3 rings (SSSR count). The molecule has 1 aliphatic heterocycles. The Morgan fingerprint density at radius 2 is 2.11 bits per heavy atom. The minimum absolute atomic E-state index is 0.174. The number of halogens is 1. The molecule has 1 aliphatic rings. The molecule has 0 N–H and O–H groups in total. The number of nitriles is 1. The fourth-order valence-electron chi connectivity index (χ4n) is 2.38. The summed E-state index contributed by atoms with van der Waals surface area (Å²) in [6.45, 7) is 1.59. The highest BCUT2D eigenvalue weighted by Crippen LogP contribution is 2.24. The van der Waals surface area contributed by atoms with Gasteiger partial charge in [0.05, 0.1) is 11.9 Å². The Morgan fingerprint density at radius 3 is 2.84 bits per heavy atom. The van der Waals surface area contributed by atoms with Crippen LogP contribution >= 0.6 is 0 Å². The third-order valence-corrected chi connectivity index (χ3v) is 3.41. The number of hydrogen-bond acceptors (Lipinski definition) is 3. The zero-order chi connectivity index (χ0) is 13.2. The first-order valence-corrected chi connectivity index (χ1v) is 6.14. The van der Waals surface area contributed by atoms with Crippen molar-refractivity contribution in [1.29, 1.82) is 5.26 Å². The van der Waals surface area contributed by atoms with E-state index in [1.54, 1.807) is 18.3 Å². The van der Waals surface area contributed by atoms with Gasteiger partial charge in [-0.15, -0.1) is 0 Å². The monoisotopic (exact) mass is 253 g/mol. The van der Waals surface area contributed by atoms with Crippen molar-refractivity contribution in [3.8, 4) is 6.07 Å². The maximum absolute atomic E-state index is 13.1. The van der Waals surface area contributed by atoms with Crippen LogP contribution in [0.3, 0.4) is 0 Å². The van der Waals surface area contributed by atoms with Crippen molar-refractivity contribution >= 4 is 5.69 Å². The van der Waals surface area contributed by atoms with Crippen LogP contribution < -0.4 is 4.90 Å². The molecule has 19 heavy (non-hydrogen) atoms. The lowest BCUT2D eigenvalue weighted by Crippen LogP contribution is -2.30. The molecule has 0 radical (unpaired) electrons.